The zero-order valence-electron chi connectivity index (χ0n) is 25.6. The highest BCUT2D eigenvalue weighted by Crippen LogP contribution is 2.50. The molecule has 0 amide bonds. The lowest BCUT2D eigenvalue weighted by Gasteiger charge is -2.20. The molecule has 0 atom stereocenters. The highest BCUT2D eigenvalue weighted by Gasteiger charge is 2.23. The molecule has 0 N–H and O–H groups in total. The number of fused-ring (bicyclic) bond motifs is 8. The molecule has 10 aromatic rings. The monoisotopic (exact) mass is 596 g/mol. The van der Waals surface area contributed by atoms with Crippen LogP contribution in [-0.4, -0.2) is 0 Å². The van der Waals surface area contributed by atoms with E-state index in [1.165, 1.54) is 76.5 Å². The summed E-state index contributed by atoms with van der Waals surface area (Å²) in [7, 11) is 0. The van der Waals surface area contributed by atoms with Gasteiger partial charge in [-0.05, 0) is 83.2 Å². The molecule has 1 heteroatoms. The summed E-state index contributed by atoms with van der Waals surface area (Å²) >= 11 is 0. The van der Waals surface area contributed by atoms with Gasteiger partial charge in [-0.25, -0.2) is 0 Å². The van der Waals surface area contributed by atoms with Gasteiger partial charge in [0.2, 0.25) is 0 Å². The van der Waals surface area contributed by atoms with Gasteiger partial charge in [0.15, 0.2) is 0 Å². The minimum Gasteiger partial charge on any atom is -0.455 e. The van der Waals surface area contributed by atoms with Crippen molar-refractivity contribution < 1.29 is 4.42 Å². The van der Waals surface area contributed by atoms with Gasteiger partial charge in [-0.15, -0.1) is 0 Å². The van der Waals surface area contributed by atoms with Crippen molar-refractivity contribution in [2.45, 2.75) is 0 Å². The van der Waals surface area contributed by atoms with E-state index in [4.69, 9.17) is 4.42 Å². The predicted octanol–water partition coefficient (Wildman–Crippen LogP) is 13.2. The smallest absolute Gasteiger partial charge is 0.143 e. The lowest BCUT2D eigenvalue weighted by atomic mass is 9.82. The lowest BCUT2D eigenvalue weighted by Crippen LogP contribution is -1.93. The van der Waals surface area contributed by atoms with Crippen LogP contribution in [0.3, 0.4) is 0 Å². The molecule has 218 valence electrons. The second kappa shape index (κ2) is 10.2. The van der Waals surface area contributed by atoms with E-state index in [1.54, 1.807) is 0 Å². The molecule has 47 heavy (non-hydrogen) atoms. The van der Waals surface area contributed by atoms with Gasteiger partial charge in [-0.1, -0.05) is 158 Å². The Kier molecular flexibility index (Phi) is 5.64. The average Bonchev–Trinajstić information content (AvgIpc) is 3.54. The van der Waals surface area contributed by atoms with E-state index < -0.39 is 0 Å². The summed E-state index contributed by atoms with van der Waals surface area (Å²) in [6.45, 7) is 0. The molecule has 0 saturated heterocycles. The molecule has 0 saturated carbocycles. The highest BCUT2D eigenvalue weighted by molar-refractivity contribution is 6.29. The minimum absolute atomic E-state index is 0.911. The fourth-order valence-electron chi connectivity index (χ4n) is 7.86. The molecule has 0 fully saturated rings. The van der Waals surface area contributed by atoms with Crippen molar-refractivity contribution in [2.75, 3.05) is 0 Å². The van der Waals surface area contributed by atoms with Crippen LogP contribution in [0.1, 0.15) is 0 Å². The molecule has 0 unspecified atom stereocenters. The number of rotatable bonds is 3. The van der Waals surface area contributed by atoms with Crippen molar-refractivity contribution in [1.82, 2.24) is 0 Å². The quantitative estimate of drug-likeness (QED) is 0.185. The van der Waals surface area contributed by atoms with E-state index in [2.05, 4.69) is 170 Å². The molecular formula is C46H28O. The largest absolute Gasteiger partial charge is 0.455 e. The number of benzene rings is 9. The Morgan fingerprint density at radius 3 is 1.47 bits per heavy atom. The van der Waals surface area contributed by atoms with Crippen LogP contribution >= 0.6 is 0 Å². The maximum absolute atomic E-state index is 6.64. The third-order valence-corrected chi connectivity index (χ3v) is 9.85. The number of hydrogen-bond acceptors (Lipinski definition) is 1. The molecule has 10 rings (SSSR count). The fourth-order valence-corrected chi connectivity index (χ4v) is 7.86. The Morgan fingerprint density at radius 1 is 0.298 bits per heavy atom. The minimum atomic E-state index is 0.911. The zero-order valence-corrected chi connectivity index (χ0v) is 25.6. The van der Waals surface area contributed by atoms with Crippen LogP contribution in [0.2, 0.25) is 0 Å². The maximum atomic E-state index is 6.64. The van der Waals surface area contributed by atoms with Crippen LogP contribution in [0.15, 0.2) is 174 Å². The van der Waals surface area contributed by atoms with Crippen LogP contribution in [0.25, 0.3) is 98.4 Å². The summed E-state index contributed by atoms with van der Waals surface area (Å²) in [6, 6.07) is 61.5. The number of para-hydroxylation sites is 1. The first kappa shape index (κ1) is 26.1. The van der Waals surface area contributed by atoms with E-state index in [1.807, 2.05) is 0 Å². The Bertz CT molecular complexity index is 2790. The van der Waals surface area contributed by atoms with Gasteiger partial charge in [0.05, 0.1) is 0 Å². The lowest BCUT2D eigenvalue weighted by molar-refractivity contribution is 0.673. The molecule has 1 aromatic heterocycles. The second-order valence-corrected chi connectivity index (χ2v) is 12.4. The average molecular weight is 597 g/mol. The van der Waals surface area contributed by atoms with Gasteiger partial charge in [-0.2, -0.15) is 0 Å². The number of hydrogen-bond donors (Lipinski definition) is 0. The van der Waals surface area contributed by atoms with E-state index in [-0.39, 0.29) is 0 Å². The van der Waals surface area contributed by atoms with E-state index in [0.29, 0.717) is 0 Å². The van der Waals surface area contributed by atoms with Crippen LogP contribution in [0.5, 0.6) is 0 Å². The van der Waals surface area contributed by atoms with Crippen molar-refractivity contribution in [1.29, 1.82) is 0 Å². The second-order valence-electron chi connectivity index (χ2n) is 12.4. The van der Waals surface area contributed by atoms with Crippen molar-refractivity contribution in [3.63, 3.8) is 0 Å². The summed E-state index contributed by atoms with van der Waals surface area (Å²) in [5, 5.41) is 12.1. The van der Waals surface area contributed by atoms with E-state index >= 15 is 0 Å². The number of furan rings is 1. The Hall–Kier alpha value is -6.18. The van der Waals surface area contributed by atoms with Crippen LogP contribution < -0.4 is 0 Å². The van der Waals surface area contributed by atoms with Crippen molar-refractivity contribution in [3.8, 4) is 33.4 Å². The fraction of sp³-hybridized carbons (Fsp3) is 0. The predicted molar refractivity (Wildman–Crippen MR) is 200 cm³/mol. The Morgan fingerprint density at radius 2 is 0.766 bits per heavy atom. The normalized spacial score (nSPS) is 11.8. The first-order valence-electron chi connectivity index (χ1n) is 16.2. The van der Waals surface area contributed by atoms with Crippen LogP contribution in [-0.2, 0) is 0 Å². The highest BCUT2D eigenvalue weighted by atomic mass is 16.3. The first-order chi connectivity index (χ1) is 23.3. The van der Waals surface area contributed by atoms with Crippen LogP contribution in [0, 0.1) is 0 Å². The summed E-state index contributed by atoms with van der Waals surface area (Å²) in [5.41, 5.74) is 9.28. The SMILES string of the molecule is c1ccc(-c2c3ccccc3c(-c3cc4ccccc4c4oc5ccccc5c34)c3ccccc23)c(-c2cccc3ccccc23)c1. The molecule has 0 aliphatic carbocycles. The van der Waals surface area contributed by atoms with Gasteiger partial charge in [0, 0.05) is 16.2 Å². The summed E-state index contributed by atoms with van der Waals surface area (Å²) in [5.74, 6) is 0. The molecule has 0 aliphatic heterocycles. The van der Waals surface area contributed by atoms with Crippen molar-refractivity contribution >= 4 is 65.0 Å². The molecule has 0 bridgehead atoms. The molecule has 9 aromatic carbocycles. The maximum Gasteiger partial charge on any atom is 0.143 e. The summed E-state index contributed by atoms with van der Waals surface area (Å²) in [6.07, 6.45) is 0. The zero-order chi connectivity index (χ0) is 30.9. The van der Waals surface area contributed by atoms with Gasteiger partial charge < -0.3 is 4.42 Å². The van der Waals surface area contributed by atoms with Gasteiger partial charge in [0.25, 0.3) is 0 Å². The molecule has 0 spiro atoms. The molecule has 0 aliphatic rings. The van der Waals surface area contributed by atoms with Gasteiger partial charge in [0.1, 0.15) is 11.2 Å². The topological polar surface area (TPSA) is 13.1 Å². The van der Waals surface area contributed by atoms with Crippen molar-refractivity contribution in [2.24, 2.45) is 0 Å². The molecule has 1 heterocycles. The standard InChI is InChI=1S/C46H28O/c1-3-17-31-29(14-1)16-13-26-33(31)34-19-5-6-20-35(34)43-36-21-7-9-23-38(36)44(39-24-10-8-22-37(39)43)41-28-30-15-2-4-18-32(30)46-45(41)40-25-11-12-27-42(40)47-46/h1-28H. The molecular weight excluding hydrogens is 569 g/mol. The summed E-state index contributed by atoms with van der Waals surface area (Å²) < 4.78 is 6.64. The van der Waals surface area contributed by atoms with E-state index in [0.717, 1.165) is 21.9 Å². The third kappa shape index (κ3) is 3.84. The van der Waals surface area contributed by atoms with E-state index in [9.17, 15) is 0 Å². The molecule has 0 radical (unpaired) electrons. The Labute approximate surface area is 271 Å². The first-order valence-corrected chi connectivity index (χ1v) is 16.2. The van der Waals surface area contributed by atoms with Gasteiger partial charge in [-0.3, -0.25) is 0 Å². The van der Waals surface area contributed by atoms with Crippen LogP contribution in [0.4, 0.5) is 0 Å². The molecule has 1 nitrogen and oxygen atoms in total. The van der Waals surface area contributed by atoms with Gasteiger partial charge >= 0.3 is 0 Å². The van der Waals surface area contributed by atoms with Crippen molar-refractivity contribution in [3.05, 3.63) is 170 Å². The Balaban J connectivity index is 1.37. The third-order valence-electron chi connectivity index (χ3n) is 9.85. The summed E-state index contributed by atoms with van der Waals surface area (Å²) in [4.78, 5) is 0.